The molecule has 0 unspecified atom stereocenters. The van der Waals surface area contributed by atoms with Crippen molar-refractivity contribution in [3.63, 3.8) is 0 Å². The summed E-state index contributed by atoms with van der Waals surface area (Å²) in [5.41, 5.74) is 12.9. The molecule has 7 rings (SSSR count). The Balaban J connectivity index is 1.61. The Hall–Kier alpha value is -3.39. The minimum atomic E-state index is 0.127. The highest BCUT2D eigenvalue weighted by Gasteiger charge is 2.46. The Labute approximate surface area is 194 Å². The molecule has 0 saturated heterocycles. The van der Waals surface area contributed by atoms with E-state index in [-0.39, 0.29) is 5.41 Å². The maximum Gasteiger partial charge on any atom is 0.216 e. The van der Waals surface area contributed by atoms with E-state index in [0.29, 0.717) is 0 Å². The molecule has 0 N–H and O–H groups in total. The highest BCUT2D eigenvalue weighted by molar-refractivity contribution is 6.14. The summed E-state index contributed by atoms with van der Waals surface area (Å²) in [5.74, 6) is 0. The summed E-state index contributed by atoms with van der Waals surface area (Å²) in [6.45, 7) is 4.33. The van der Waals surface area contributed by atoms with E-state index in [2.05, 4.69) is 92.3 Å². The van der Waals surface area contributed by atoms with E-state index in [1.165, 1.54) is 81.1 Å². The van der Waals surface area contributed by atoms with Crippen molar-refractivity contribution < 1.29 is 8.98 Å². The van der Waals surface area contributed by atoms with Crippen molar-refractivity contribution in [2.45, 2.75) is 44.9 Å². The van der Waals surface area contributed by atoms with Crippen LogP contribution in [0, 0.1) is 13.8 Å². The molecule has 2 heterocycles. The summed E-state index contributed by atoms with van der Waals surface area (Å²) in [4.78, 5) is 0. The van der Waals surface area contributed by atoms with Crippen LogP contribution in [0.25, 0.3) is 44.3 Å². The molecule has 3 aromatic carbocycles. The van der Waals surface area contributed by atoms with Gasteiger partial charge in [0.2, 0.25) is 5.69 Å². The van der Waals surface area contributed by atoms with Crippen molar-refractivity contribution in [1.82, 2.24) is 0 Å². The van der Waals surface area contributed by atoms with Gasteiger partial charge < -0.3 is 4.42 Å². The van der Waals surface area contributed by atoms with Crippen LogP contribution in [0.1, 0.15) is 47.9 Å². The van der Waals surface area contributed by atoms with E-state index in [1.807, 2.05) is 0 Å². The highest BCUT2D eigenvalue weighted by Crippen LogP contribution is 2.59. The second kappa shape index (κ2) is 6.57. The van der Waals surface area contributed by atoms with Gasteiger partial charge in [0, 0.05) is 27.8 Å². The van der Waals surface area contributed by atoms with Gasteiger partial charge in [-0.15, -0.1) is 0 Å². The van der Waals surface area contributed by atoms with Crippen LogP contribution in [-0.4, -0.2) is 0 Å². The van der Waals surface area contributed by atoms with Gasteiger partial charge in [-0.1, -0.05) is 55.3 Å². The number of aromatic nitrogens is 1. The molecular formula is C31H28NO+. The summed E-state index contributed by atoms with van der Waals surface area (Å²) in [6, 6.07) is 22.6. The fraction of sp³-hybridized carbons (Fsp3) is 0.258. The van der Waals surface area contributed by atoms with Gasteiger partial charge in [0.15, 0.2) is 6.20 Å². The first-order valence-corrected chi connectivity index (χ1v) is 12.1. The van der Waals surface area contributed by atoms with Crippen molar-refractivity contribution in [2.75, 3.05) is 0 Å². The molecule has 2 nitrogen and oxygen atoms in total. The number of hydrogen-bond donors (Lipinski definition) is 0. The van der Waals surface area contributed by atoms with E-state index in [4.69, 9.17) is 4.42 Å². The van der Waals surface area contributed by atoms with Gasteiger partial charge >= 0.3 is 0 Å². The van der Waals surface area contributed by atoms with E-state index in [9.17, 15) is 0 Å². The predicted molar refractivity (Wildman–Crippen MR) is 134 cm³/mol. The van der Waals surface area contributed by atoms with Crippen LogP contribution in [0.5, 0.6) is 0 Å². The van der Waals surface area contributed by atoms with Crippen LogP contribution in [0.2, 0.25) is 0 Å². The molecule has 0 atom stereocenters. The lowest BCUT2D eigenvalue weighted by Gasteiger charge is -2.27. The summed E-state index contributed by atoms with van der Waals surface area (Å²) >= 11 is 0. The topological polar surface area (TPSA) is 17.0 Å². The van der Waals surface area contributed by atoms with Crippen molar-refractivity contribution >= 4 is 21.9 Å². The molecule has 0 aliphatic heterocycles. The smallest absolute Gasteiger partial charge is 0.216 e. The lowest BCUT2D eigenvalue weighted by molar-refractivity contribution is -0.660. The molecule has 5 aromatic rings. The first kappa shape index (κ1) is 19.1. The fourth-order valence-corrected chi connectivity index (χ4v) is 6.84. The molecule has 0 radical (unpaired) electrons. The molecule has 2 heteroatoms. The Morgan fingerprint density at radius 1 is 0.848 bits per heavy atom. The maximum atomic E-state index is 6.72. The summed E-state index contributed by atoms with van der Waals surface area (Å²) in [7, 11) is 2.13. The van der Waals surface area contributed by atoms with Crippen LogP contribution in [-0.2, 0) is 12.5 Å². The Bertz CT molecular complexity index is 1600. The zero-order valence-electron chi connectivity index (χ0n) is 19.5. The van der Waals surface area contributed by atoms with Gasteiger partial charge in [0.05, 0.1) is 5.56 Å². The molecule has 0 amide bonds. The van der Waals surface area contributed by atoms with Gasteiger partial charge in [-0.25, -0.2) is 4.57 Å². The minimum absolute atomic E-state index is 0.127. The minimum Gasteiger partial charge on any atom is -0.455 e. The van der Waals surface area contributed by atoms with Gasteiger partial charge in [-0.2, -0.15) is 0 Å². The average molecular weight is 431 g/mol. The van der Waals surface area contributed by atoms with Crippen molar-refractivity contribution in [3.8, 4) is 22.4 Å². The molecule has 1 saturated carbocycles. The number of fused-ring (bicyclic) bond motifs is 9. The molecular weight excluding hydrogens is 402 g/mol. The summed E-state index contributed by atoms with van der Waals surface area (Å²) < 4.78 is 8.94. The van der Waals surface area contributed by atoms with E-state index < -0.39 is 0 Å². The maximum absolute atomic E-state index is 6.72. The lowest BCUT2D eigenvalue weighted by atomic mass is 9.75. The molecule has 0 bridgehead atoms. The number of pyridine rings is 1. The average Bonchev–Trinajstić information content (AvgIpc) is 3.51. The normalized spacial score (nSPS) is 16.1. The van der Waals surface area contributed by atoms with Crippen LogP contribution < -0.4 is 4.57 Å². The highest BCUT2D eigenvalue weighted by atomic mass is 16.3. The zero-order chi connectivity index (χ0) is 22.3. The first-order chi connectivity index (χ1) is 16.1. The molecule has 1 fully saturated rings. The number of furan rings is 1. The van der Waals surface area contributed by atoms with E-state index >= 15 is 0 Å². The number of rotatable bonds is 1. The first-order valence-electron chi connectivity index (χ1n) is 12.1. The number of nitrogens with zero attached hydrogens (tertiary/aromatic N) is 1. The molecule has 1 spiro atoms. The summed E-state index contributed by atoms with van der Waals surface area (Å²) in [6.07, 6.45) is 7.24. The molecule has 2 aromatic heterocycles. The zero-order valence-corrected chi connectivity index (χ0v) is 19.5. The largest absolute Gasteiger partial charge is 0.455 e. The van der Waals surface area contributed by atoms with Gasteiger partial charge in [-0.05, 0) is 66.6 Å². The van der Waals surface area contributed by atoms with Crippen molar-refractivity contribution in [1.29, 1.82) is 0 Å². The summed E-state index contributed by atoms with van der Waals surface area (Å²) in [5, 5.41) is 2.58. The fourth-order valence-electron chi connectivity index (χ4n) is 6.84. The Morgan fingerprint density at radius 3 is 2.48 bits per heavy atom. The third kappa shape index (κ3) is 2.41. The lowest BCUT2D eigenvalue weighted by Crippen LogP contribution is -2.31. The third-order valence-electron chi connectivity index (χ3n) is 8.22. The van der Waals surface area contributed by atoms with Crippen LogP contribution in [0.3, 0.4) is 0 Å². The third-order valence-corrected chi connectivity index (χ3v) is 8.22. The predicted octanol–water partition coefficient (Wildman–Crippen LogP) is 7.53. The van der Waals surface area contributed by atoms with Crippen molar-refractivity contribution in [3.05, 3.63) is 89.1 Å². The number of benzene rings is 3. The van der Waals surface area contributed by atoms with E-state index in [0.717, 1.165) is 11.2 Å². The van der Waals surface area contributed by atoms with Crippen LogP contribution in [0.15, 0.2) is 71.3 Å². The molecule has 2 aliphatic carbocycles. The quantitative estimate of drug-likeness (QED) is 0.251. The van der Waals surface area contributed by atoms with E-state index in [1.54, 1.807) is 0 Å². The van der Waals surface area contributed by atoms with Gasteiger partial charge in [-0.3, -0.25) is 0 Å². The van der Waals surface area contributed by atoms with Crippen molar-refractivity contribution in [2.24, 2.45) is 7.05 Å². The van der Waals surface area contributed by atoms with Gasteiger partial charge in [0.25, 0.3) is 0 Å². The monoisotopic (exact) mass is 430 g/mol. The Kier molecular flexibility index (Phi) is 3.81. The standard InChI is InChI=1S/C31H28NO/c1-19-10-14-25(32(3)18-19)27-20(2)11-12-23-28-26(33-30(23)27)15-13-22-21-8-4-5-9-24(21)31(29(22)28)16-6-7-17-31/h4-5,8-15,18H,6-7,16-17H2,1-3H3/q+1. The molecule has 33 heavy (non-hydrogen) atoms. The second-order valence-electron chi connectivity index (χ2n) is 10.1. The molecule has 162 valence electrons. The van der Waals surface area contributed by atoms with Crippen LogP contribution >= 0.6 is 0 Å². The number of aryl methyl sites for hydroxylation is 3. The Morgan fingerprint density at radius 2 is 1.67 bits per heavy atom. The van der Waals surface area contributed by atoms with Gasteiger partial charge in [0.1, 0.15) is 18.2 Å². The second-order valence-corrected chi connectivity index (χ2v) is 10.1. The molecule has 2 aliphatic rings. The SMILES string of the molecule is Cc1ccc(-c2c(C)ccc3c2oc2ccc4c(c23)C2(CCCC2)c2ccccc2-4)[n+](C)c1. The van der Waals surface area contributed by atoms with Crippen LogP contribution in [0.4, 0.5) is 0 Å². The number of hydrogen-bond acceptors (Lipinski definition) is 1.